The second-order valence-corrected chi connectivity index (χ2v) is 6.19. The van der Waals surface area contributed by atoms with Gasteiger partial charge in [-0.2, -0.15) is 0 Å². The van der Waals surface area contributed by atoms with Gasteiger partial charge < -0.3 is 10.0 Å². The van der Waals surface area contributed by atoms with E-state index < -0.39 is 17.9 Å². The van der Waals surface area contributed by atoms with Crippen molar-refractivity contribution in [3.05, 3.63) is 34.9 Å². The summed E-state index contributed by atoms with van der Waals surface area (Å²) >= 11 is 5.93. The number of rotatable bonds is 5. The van der Waals surface area contributed by atoms with Crippen molar-refractivity contribution in [3.8, 4) is 0 Å². The Morgan fingerprint density at radius 2 is 1.91 bits per heavy atom. The Morgan fingerprint density at radius 1 is 1.32 bits per heavy atom. The molecule has 22 heavy (non-hydrogen) atoms. The number of carboxylic acid groups (broad SMARTS) is 1. The van der Waals surface area contributed by atoms with Crippen molar-refractivity contribution in [1.29, 1.82) is 0 Å². The summed E-state index contributed by atoms with van der Waals surface area (Å²) in [6.07, 6.45) is 2.33. The average molecular weight is 324 g/mol. The van der Waals surface area contributed by atoms with Crippen molar-refractivity contribution < 1.29 is 14.7 Å². The quantitative estimate of drug-likeness (QED) is 0.894. The lowest BCUT2D eigenvalue weighted by Crippen LogP contribution is -2.50. The molecule has 0 unspecified atom stereocenters. The maximum absolute atomic E-state index is 12.5. The summed E-state index contributed by atoms with van der Waals surface area (Å²) in [6, 6.07) is 6.81. The van der Waals surface area contributed by atoms with E-state index in [0.29, 0.717) is 17.9 Å². The van der Waals surface area contributed by atoms with Crippen molar-refractivity contribution in [2.75, 3.05) is 0 Å². The Labute approximate surface area is 136 Å². The highest BCUT2D eigenvalue weighted by Crippen LogP contribution is 2.39. The molecule has 5 heteroatoms. The number of carbonyl (C=O) groups is 2. The van der Waals surface area contributed by atoms with Gasteiger partial charge in [0.15, 0.2) is 0 Å². The predicted octanol–water partition coefficient (Wildman–Crippen LogP) is 3.89. The van der Waals surface area contributed by atoms with Gasteiger partial charge in [0.05, 0.1) is 12.0 Å². The van der Waals surface area contributed by atoms with Crippen LogP contribution < -0.4 is 0 Å². The standard InChI is InChI=1S/C17H22ClNO3/c1-3-13(4-2)19-15(20)10-9-14(17(21)22)16(19)11-5-7-12(18)8-6-11/h5-8,13-14,16H,3-4,9-10H2,1-2H3,(H,21,22)/t14-,16+/m0/s1. The van der Waals surface area contributed by atoms with E-state index in [1.807, 2.05) is 26.0 Å². The normalized spacial score (nSPS) is 22.2. The van der Waals surface area contributed by atoms with Crippen LogP contribution >= 0.6 is 11.6 Å². The van der Waals surface area contributed by atoms with Crippen molar-refractivity contribution in [2.24, 2.45) is 5.92 Å². The third-order valence-electron chi connectivity index (χ3n) is 4.50. The first-order valence-electron chi connectivity index (χ1n) is 7.79. The molecular formula is C17H22ClNO3. The molecule has 0 radical (unpaired) electrons. The van der Waals surface area contributed by atoms with Crippen LogP contribution in [0.15, 0.2) is 24.3 Å². The summed E-state index contributed by atoms with van der Waals surface area (Å²) in [7, 11) is 0. The molecule has 1 N–H and O–H groups in total. The van der Waals surface area contributed by atoms with Crippen LogP contribution in [0, 0.1) is 5.92 Å². The van der Waals surface area contributed by atoms with Crippen LogP contribution in [-0.4, -0.2) is 27.9 Å². The van der Waals surface area contributed by atoms with Gasteiger partial charge in [-0.3, -0.25) is 9.59 Å². The van der Waals surface area contributed by atoms with E-state index in [1.54, 1.807) is 17.0 Å². The molecule has 1 aromatic carbocycles. The second-order valence-electron chi connectivity index (χ2n) is 5.75. The van der Waals surface area contributed by atoms with Crippen molar-refractivity contribution in [2.45, 2.75) is 51.6 Å². The summed E-state index contributed by atoms with van der Waals surface area (Å²) in [4.78, 5) is 26.0. The van der Waals surface area contributed by atoms with Crippen molar-refractivity contribution in [3.63, 3.8) is 0 Å². The third-order valence-corrected chi connectivity index (χ3v) is 4.75. The number of likely N-dealkylation sites (tertiary alicyclic amines) is 1. The first-order valence-corrected chi connectivity index (χ1v) is 8.16. The summed E-state index contributed by atoms with van der Waals surface area (Å²) in [5.41, 5.74) is 0.844. The average Bonchev–Trinajstić information content (AvgIpc) is 2.50. The molecular weight excluding hydrogens is 302 g/mol. The number of aliphatic carboxylic acids is 1. The summed E-state index contributed by atoms with van der Waals surface area (Å²) in [5, 5.41) is 10.2. The summed E-state index contributed by atoms with van der Waals surface area (Å²) in [5.74, 6) is -1.37. The molecule has 1 saturated heterocycles. The zero-order valence-corrected chi connectivity index (χ0v) is 13.7. The number of nitrogens with zero attached hydrogens (tertiary/aromatic N) is 1. The fourth-order valence-corrected chi connectivity index (χ4v) is 3.47. The molecule has 2 rings (SSSR count). The molecule has 1 aliphatic heterocycles. The highest BCUT2D eigenvalue weighted by atomic mass is 35.5. The van der Waals surface area contributed by atoms with Gasteiger partial charge in [-0.05, 0) is 37.0 Å². The Morgan fingerprint density at radius 3 is 2.41 bits per heavy atom. The van der Waals surface area contributed by atoms with Crippen LogP contribution in [-0.2, 0) is 9.59 Å². The van der Waals surface area contributed by atoms with E-state index in [9.17, 15) is 14.7 Å². The molecule has 0 aromatic heterocycles. The Balaban J connectivity index is 2.47. The van der Waals surface area contributed by atoms with Gasteiger partial charge in [-0.25, -0.2) is 0 Å². The fraction of sp³-hybridized carbons (Fsp3) is 0.529. The van der Waals surface area contributed by atoms with Crippen molar-refractivity contribution in [1.82, 2.24) is 4.90 Å². The third kappa shape index (κ3) is 3.27. The molecule has 4 nitrogen and oxygen atoms in total. The smallest absolute Gasteiger partial charge is 0.308 e. The lowest BCUT2D eigenvalue weighted by molar-refractivity contribution is -0.154. The van der Waals surface area contributed by atoms with Gasteiger partial charge in [-0.15, -0.1) is 0 Å². The van der Waals surface area contributed by atoms with Gasteiger partial charge >= 0.3 is 5.97 Å². The SMILES string of the molecule is CCC(CC)N1C(=O)CC[C@H](C(=O)O)[C@H]1c1ccc(Cl)cc1. The van der Waals surface area contributed by atoms with Crippen LogP contribution in [0.2, 0.25) is 5.02 Å². The van der Waals surface area contributed by atoms with Gasteiger partial charge in [0, 0.05) is 17.5 Å². The summed E-state index contributed by atoms with van der Waals surface area (Å²) < 4.78 is 0. The van der Waals surface area contributed by atoms with E-state index in [4.69, 9.17) is 11.6 Å². The number of carboxylic acids is 1. The molecule has 1 aliphatic rings. The molecule has 1 amide bonds. The first-order chi connectivity index (χ1) is 10.5. The van der Waals surface area contributed by atoms with Crippen LogP contribution in [0.4, 0.5) is 0 Å². The number of hydrogen-bond acceptors (Lipinski definition) is 2. The minimum absolute atomic E-state index is 0.0474. The minimum Gasteiger partial charge on any atom is -0.481 e. The van der Waals surface area contributed by atoms with Gasteiger partial charge in [0.1, 0.15) is 0 Å². The number of amides is 1. The Bertz CT molecular complexity index is 539. The second kappa shape index (κ2) is 7.14. The number of piperidine rings is 1. The topological polar surface area (TPSA) is 57.6 Å². The minimum atomic E-state index is -0.844. The van der Waals surface area contributed by atoms with Crippen molar-refractivity contribution >= 4 is 23.5 Å². The number of benzene rings is 1. The van der Waals surface area contributed by atoms with Crippen LogP contribution in [0.3, 0.4) is 0 Å². The fourth-order valence-electron chi connectivity index (χ4n) is 3.34. The van der Waals surface area contributed by atoms with Crippen LogP contribution in [0.1, 0.15) is 51.1 Å². The lowest BCUT2D eigenvalue weighted by atomic mass is 9.82. The van der Waals surface area contributed by atoms with E-state index in [1.165, 1.54) is 0 Å². The molecule has 0 aliphatic carbocycles. The first kappa shape index (κ1) is 16.8. The van der Waals surface area contributed by atoms with Crippen LogP contribution in [0.25, 0.3) is 0 Å². The molecule has 0 bridgehead atoms. The maximum atomic E-state index is 12.5. The number of carbonyl (C=O) groups excluding carboxylic acids is 1. The Kier molecular flexibility index (Phi) is 5.46. The number of hydrogen-bond donors (Lipinski definition) is 1. The molecule has 0 spiro atoms. The van der Waals surface area contributed by atoms with E-state index in [-0.39, 0.29) is 11.9 Å². The van der Waals surface area contributed by atoms with Crippen LogP contribution in [0.5, 0.6) is 0 Å². The summed E-state index contributed by atoms with van der Waals surface area (Å²) in [6.45, 7) is 4.06. The highest BCUT2D eigenvalue weighted by molar-refractivity contribution is 6.30. The molecule has 1 fully saturated rings. The Hall–Kier alpha value is -1.55. The lowest BCUT2D eigenvalue weighted by Gasteiger charge is -2.44. The largest absolute Gasteiger partial charge is 0.481 e. The zero-order valence-electron chi connectivity index (χ0n) is 13.0. The molecule has 0 saturated carbocycles. The van der Waals surface area contributed by atoms with Gasteiger partial charge in [0.2, 0.25) is 5.91 Å². The number of halogens is 1. The molecule has 120 valence electrons. The predicted molar refractivity (Wildman–Crippen MR) is 85.8 cm³/mol. The molecule has 2 atom stereocenters. The maximum Gasteiger partial charge on any atom is 0.308 e. The monoisotopic (exact) mass is 323 g/mol. The zero-order chi connectivity index (χ0) is 16.3. The van der Waals surface area contributed by atoms with E-state index >= 15 is 0 Å². The van der Waals surface area contributed by atoms with E-state index in [2.05, 4.69) is 0 Å². The van der Waals surface area contributed by atoms with Gasteiger partial charge in [-0.1, -0.05) is 37.6 Å². The molecule has 1 heterocycles. The highest BCUT2D eigenvalue weighted by Gasteiger charge is 2.42. The molecule has 1 aromatic rings. The van der Waals surface area contributed by atoms with E-state index in [0.717, 1.165) is 18.4 Å². The van der Waals surface area contributed by atoms with Gasteiger partial charge in [0.25, 0.3) is 0 Å².